The van der Waals surface area contributed by atoms with Crippen LogP contribution >= 0.6 is 0 Å². The predicted molar refractivity (Wildman–Crippen MR) is 82.6 cm³/mol. The van der Waals surface area contributed by atoms with Crippen LogP contribution in [0.5, 0.6) is 11.5 Å². The Labute approximate surface area is 122 Å². The number of rotatable bonds is 6. The molecule has 1 aromatic rings. The molecule has 0 atom stereocenters. The fraction of sp³-hybridized carbons (Fsp3) is 0.647. The molecule has 0 amide bonds. The zero-order valence-corrected chi connectivity index (χ0v) is 13.2. The molecule has 20 heavy (non-hydrogen) atoms. The summed E-state index contributed by atoms with van der Waals surface area (Å²) in [6.45, 7) is 7.60. The van der Waals surface area contributed by atoms with E-state index in [9.17, 15) is 0 Å². The monoisotopic (exact) mass is 277 g/mol. The summed E-state index contributed by atoms with van der Waals surface area (Å²) < 4.78 is 11.4. The molecule has 1 aliphatic rings. The average molecular weight is 277 g/mol. The third-order valence-electron chi connectivity index (χ3n) is 3.89. The molecule has 0 bridgehead atoms. The van der Waals surface area contributed by atoms with Crippen molar-refractivity contribution >= 4 is 0 Å². The van der Waals surface area contributed by atoms with Gasteiger partial charge in [-0.15, -0.1) is 0 Å². The average Bonchev–Trinajstić information content (AvgIpc) is 2.35. The van der Waals surface area contributed by atoms with Crippen LogP contribution in [0.3, 0.4) is 0 Å². The highest BCUT2D eigenvalue weighted by molar-refractivity contribution is 5.31. The van der Waals surface area contributed by atoms with E-state index in [1.165, 1.54) is 6.42 Å². The summed E-state index contributed by atoms with van der Waals surface area (Å²) in [5.74, 6) is 1.82. The summed E-state index contributed by atoms with van der Waals surface area (Å²) in [6, 6.07) is 7.90. The summed E-state index contributed by atoms with van der Waals surface area (Å²) >= 11 is 0. The van der Waals surface area contributed by atoms with Gasteiger partial charge in [-0.1, -0.05) is 0 Å². The molecule has 0 unspecified atom stereocenters. The molecule has 1 saturated carbocycles. The van der Waals surface area contributed by atoms with Crippen molar-refractivity contribution in [3.8, 4) is 11.5 Å². The van der Waals surface area contributed by atoms with Gasteiger partial charge in [-0.25, -0.2) is 0 Å². The van der Waals surface area contributed by atoms with E-state index in [-0.39, 0.29) is 11.1 Å². The minimum absolute atomic E-state index is 0.0346. The first-order valence-corrected chi connectivity index (χ1v) is 7.51. The molecule has 0 aromatic heterocycles. The van der Waals surface area contributed by atoms with Gasteiger partial charge >= 0.3 is 0 Å². The van der Waals surface area contributed by atoms with Crippen LogP contribution < -0.4 is 14.8 Å². The molecule has 3 heteroatoms. The minimum Gasteiger partial charge on any atom is -0.497 e. The molecule has 0 radical (unpaired) electrons. The minimum atomic E-state index is 0.0346. The van der Waals surface area contributed by atoms with Crippen LogP contribution in [0.25, 0.3) is 0 Å². The van der Waals surface area contributed by atoms with Crippen molar-refractivity contribution in [3.05, 3.63) is 24.3 Å². The van der Waals surface area contributed by atoms with Gasteiger partial charge in [0.15, 0.2) is 0 Å². The van der Waals surface area contributed by atoms with Crippen LogP contribution in [0, 0.1) is 0 Å². The van der Waals surface area contributed by atoms with E-state index in [4.69, 9.17) is 9.47 Å². The molecule has 1 aliphatic carbocycles. The lowest BCUT2D eigenvalue weighted by molar-refractivity contribution is -0.0152. The maximum Gasteiger partial charge on any atom is 0.120 e. The van der Waals surface area contributed by atoms with Crippen molar-refractivity contribution in [2.45, 2.75) is 57.6 Å². The second-order valence-corrected chi connectivity index (χ2v) is 6.74. The van der Waals surface area contributed by atoms with Crippen molar-refractivity contribution in [2.75, 3.05) is 13.7 Å². The van der Waals surface area contributed by atoms with Gasteiger partial charge in [-0.3, -0.25) is 0 Å². The van der Waals surface area contributed by atoms with Crippen molar-refractivity contribution in [3.63, 3.8) is 0 Å². The van der Waals surface area contributed by atoms with Gasteiger partial charge in [-0.05, 0) is 77.3 Å². The maximum atomic E-state index is 6.26. The molecule has 0 spiro atoms. The Morgan fingerprint density at radius 1 is 1.10 bits per heavy atom. The first kappa shape index (κ1) is 15.2. The molecule has 0 heterocycles. The van der Waals surface area contributed by atoms with Crippen molar-refractivity contribution in [1.29, 1.82) is 0 Å². The first-order chi connectivity index (χ1) is 9.42. The van der Waals surface area contributed by atoms with Gasteiger partial charge in [0, 0.05) is 5.54 Å². The standard InChI is InChI=1S/C17H27NO2/c1-16(2,3)18-13-12-17(10-5-11-17)20-15-8-6-14(19-4)7-9-15/h6-9,18H,5,10-13H2,1-4H3. The Morgan fingerprint density at radius 3 is 2.15 bits per heavy atom. The molecular formula is C17H27NO2. The molecule has 0 aliphatic heterocycles. The lowest BCUT2D eigenvalue weighted by atomic mass is 9.77. The lowest BCUT2D eigenvalue weighted by Crippen LogP contribution is -2.47. The fourth-order valence-corrected chi connectivity index (χ4v) is 2.53. The number of hydrogen-bond acceptors (Lipinski definition) is 3. The van der Waals surface area contributed by atoms with Crippen LogP contribution in [-0.2, 0) is 0 Å². The molecule has 1 aromatic carbocycles. The number of benzene rings is 1. The highest BCUT2D eigenvalue weighted by Gasteiger charge is 2.39. The number of nitrogens with one attached hydrogen (secondary N) is 1. The third-order valence-corrected chi connectivity index (χ3v) is 3.89. The van der Waals surface area contributed by atoms with Crippen molar-refractivity contribution in [1.82, 2.24) is 5.32 Å². The Balaban J connectivity index is 1.90. The van der Waals surface area contributed by atoms with Crippen LogP contribution in [0.2, 0.25) is 0 Å². The molecule has 1 fully saturated rings. The molecule has 2 rings (SSSR count). The van der Waals surface area contributed by atoms with Gasteiger partial charge in [0.1, 0.15) is 17.1 Å². The second-order valence-electron chi connectivity index (χ2n) is 6.74. The van der Waals surface area contributed by atoms with E-state index in [0.717, 1.165) is 37.3 Å². The Bertz CT molecular complexity index is 416. The van der Waals surface area contributed by atoms with Crippen LogP contribution in [0.1, 0.15) is 46.5 Å². The van der Waals surface area contributed by atoms with E-state index in [2.05, 4.69) is 26.1 Å². The van der Waals surface area contributed by atoms with Crippen LogP contribution in [0.4, 0.5) is 0 Å². The smallest absolute Gasteiger partial charge is 0.120 e. The molecule has 112 valence electrons. The topological polar surface area (TPSA) is 30.5 Å². The number of hydrogen-bond donors (Lipinski definition) is 1. The Morgan fingerprint density at radius 2 is 1.70 bits per heavy atom. The highest BCUT2D eigenvalue weighted by atomic mass is 16.5. The van der Waals surface area contributed by atoms with Crippen molar-refractivity contribution in [2.24, 2.45) is 0 Å². The van der Waals surface area contributed by atoms with E-state index >= 15 is 0 Å². The van der Waals surface area contributed by atoms with Crippen LogP contribution in [0.15, 0.2) is 24.3 Å². The quantitative estimate of drug-likeness (QED) is 0.858. The van der Waals surface area contributed by atoms with Gasteiger partial charge in [0.25, 0.3) is 0 Å². The van der Waals surface area contributed by atoms with E-state index in [0.29, 0.717) is 0 Å². The normalized spacial score (nSPS) is 17.4. The summed E-state index contributed by atoms with van der Waals surface area (Å²) in [4.78, 5) is 0. The summed E-state index contributed by atoms with van der Waals surface area (Å²) in [5, 5.41) is 3.55. The van der Waals surface area contributed by atoms with E-state index in [1.54, 1.807) is 7.11 Å². The second kappa shape index (κ2) is 6.04. The first-order valence-electron chi connectivity index (χ1n) is 7.51. The Kier molecular flexibility index (Phi) is 4.59. The predicted octanol–water partition coefficient (Wildman–Crippen LogP) is 3.77. The van der Waals surface area contributed by atoms with Gasteiger partial charge < -0.3 is 14.8 Å². The fourth-order valence-electron chi connectivity index (χ4n) is 2.53. The number of ether oxygens (including phenoxy) is 2. The van der Waals surface area contributed by atoms with Crippen molar-refractivity contribution < 1.29 is 9.47 Å². The third kappa shape index (κ3) is 4.14. The summed E-state index contributed by atoms with van der Waals surface area (Å²) in [5.41, 5.74) is 0.206. The molecule has 1 N–H and O–H groups in total. The summed E-state index contributed by atoms with van der Waals surface area (Å²) in [6.07, 6.45) is 4.65. The lowest BCUT2D eigenvalue weighted by Gasteiger charge is -2.42. The summed E-state index contributed by atoms with van der Waals surface area (Å²) in [7, 11) is 1.68. The van der Waals surface area contributed by atoms with Crippen LogP contribution in [-0.4, -0.2) is 24.8 Å². The zero-order valence-electron chi connectivity index (χ0n) is 13.2. The Hall–Kier alpha value is -1.22. The van der Waals surface area contributed by atoms with E-state index < -0.39 is 0 Å². The SMILES string of the molecule is COc1ccc(OC2(CCNC(C)(C)C)CCC2)cc1. The highest BCUT2D eigenvalue weighted by Crippen LogP contribution is 2.39. The largest absolute Gasteiger partial charge is 0.497 e. The number of methoxy groups -OCH3 is 1. The van der Waals surface area contributed by atoms with Gasteiger partial charge in [0.2, 0.25) is 0 Å². The van der Waals surface area contributed by atoms with Gasteiger partial charge in [0.05, 0.1) is 7.11 Å². The van der Waals surface area contributed by atoms with Gasteiger partial charge in [-0.2, -0.15) is 0 Å². The zero-order chi connectivity index (χ0) is 14.6. The maximum absolute atomic E-state index is 6.26. The molecule has 0 saturated heterocycles. The molecule has 3 nitrogen and oxygen atoms in total. The molecular weight excluding hydrogens is 250 g/mol. The van der Waals surface area contributed by atoms with E-state index in [1.807, 2.05) is 24.3 Å².